The molecule has 0 aliphatic carbocycles. The van der Waals surface area contributed by atoms with Crippen molar-refractivity contribution in [3.63, 3.8) is 0 Å². The SMILES string of the molecule is CC[C@H](C)NC(=O)[C@@H](C)N(Cc1ccc(Cl)cc1Cl)C(=O)CN(c1cc(C)ccc1C)S(C)(=O)=O. The Morgan fingerprint density at radius 1 is 1.06 bits per heavy atom. The number of sulfonamides is 1. The van der Waals surface area contributed by atoms with E-state index in [4.69, 9.17) is 23.2 Å². The van der Waals surface area contributed by atoms with Gasteiger partial charge in [-0.05, 0) is 69.0 Å². The molecule has 0 unspecified atom stereocenters. The zero-order chi connectivity index (χ0) is 26.5. The lowest BCUT2D eigenvalue weighted by molar-refractivity contribution is -0.139. The maximum Gasteiger partial charge on any atom is 0.244 e. The topological polar surface area (TPSA) is 86.8 Å². The number of carbonyl (C=O) groups excluding carboxylic acids is 2. The van der Waals surface area contributed by atoms with Crippen LogP contribution in [0.15, 0.2) is 36.4 Å². The number of carbonyl (C=O) groups is 2. The van der Waals surface area contributed by atoms with E-state index in [9.17, 15) is 18.0 Å². The van der Waals surface area contributed by atoms with Gasteiger partial charge in [0, 0.05) is 22.6 Å². The first-order chi connectivity index (χ1) is 16.2. The van der Waals surface area contributed by atoms with Gasteiger partial charge in [0.1, 0.15) is 12.6 Å². The molecule has 7 nitrogen and oxygen atoms in total. The van der Waals surface area contributed by atoms with Crippen LogP contribution >= 0.6 is 23.2 Å². The van der Waals surface area contributed by atoms with Gasteiger partial charge in [-0.15, -0.1) is 0 Å². The van der Waals surface area contributed by atoms with Crippen molar-refractivity contribution in [1.82, 2.24) is 10.2 Å². The highest BCUT2D eigenvalue weighted by atomic mass is 35.5. The third-order valence-electron chi connectivity index (χ3n) is 5.84. The maximum atomic E-state index is 13.6. The van der Waals surface area contributed by atoms with Gasteiger partial charge in [0.05, 0.1) is 11.9 Å². The molecule has 2 atom stereocenters. The Bertz CT molecular complexity index is 1190. The molecule has 2 amide bonds. The molecule has 0 bridgehead atoms. The summed E-state index contributed by atoms with van der Waals surface area (Å²) < 4.78 is 26.5. The van der Waals surface area contributed by atoms with Crippen LogP contribution in [0, 0.1) is 13.8 Å². The third kappa shape index (κ3) is 7.85. The predicted octanol–water partition coefficient (Wildman–Crippen LogP) is 4.71. The molecule has 0 aliphatic rings. The van der Waals surface area contributed by atoms with Gasteiger partial charge in [0.25, 0.3) is 0 Å². The van der Waals surface area contributed by atoms with E-state index < -0.39 is 28.5 Å². The minimum Gasteiger partial charge on any atom is -0.352 e. The van der Waals surface area contributed by atoms with Gasteiger partial charge < -0.3 is 10.2 Å². The Kier molecular flexibility index (Phi) is 10.0. The lowest BCUT2D eigenvalue weighted by Gasteiger charge is -2.32. The molecular formula is C25H33Cl2N3O4S. The number of aryl methyl sites for hydroxylation is 2. The lowest BCUT2D eigenvalue weighted by Crippen LogP contribution is -2.52. The van der Waals surface area contributed by atoms with Crippen LogP contribution < -0.4 is 9.62 Å². The molecule has 2 aromatic rings. The van der Waals surface area contributed by atoms with E-state index in [2.05, 4.69) is 5.32 Å². The van der Waals surface area contributed by atoms with Crippen LogP contribution in [0.4, 0.5) is 5.69 Å². The van der Waals surface area contributed by atoms with Crippen molar-refractivity contribution in [3.05, 3.63) is 63.1 Å². The molecule has 2 rings (SSSR count). The fourth-order valence-corrected chi connectivity index (χ4v) is 4.83. The van der Waals surface area contributed by atoms with Gasteiger partial charge in [-0.25, -0.2) is 8.42 Å². The molecule has 0 radical (unpaired) electrons. The van der Waals surface area contributed by atoms with Gasteiger partial charge >= 0.3 is 0 Å². The standard InChI is InChI=1S/C25H33Cl2N3O4S/c1-7-18(4)28-25(32)19(5)29(14-20-10-11-21(26)13-22(20)27)24(31)15-30(35(6,33)34)23-12-16(2)8-9-17(23)3/h8-13,18-19H,7,14-15H2,1-6H3,(H,28,32)/t18-,19+/m0/s1. The van der Waals surface area contributed by atoms with Crippen molar-refractivity contribution in [1.29, 1.82) is 0 Å². The van der Waals surface area contributed by atoms with Crippen LogP contribution in [0.1, 0.15) is 43.9 Å². The Morgan fingerprint density at radius 2 is 1.71 bits per heavy atom. The second kappa shape index (κ2) is 12.1. The summed E-state index contributed by atoms with van der Waals surface area (Å²) in [5, 5.41) is 3.68. The molecule has 0 saturated heterocycles. The van der Waals surface area contributed by atoms with Gasteiger partial charge in [0.2, 0.25) is 21.8 Å². The van der Waals surface area contributed by atoms with Crippen LogP contribution in [0.5, 0.6) is 0 Å². The maximum absolute atomic E-state index is 13.6. The van der Waals surface area contributed by atoms with Crippen LogP contribution in [-0.2, 0) is 26.2 Å². The summed E-state index contributed by atoms with van der Waals surface area (Å²) in [4.78, 5) is 27.9. The molecule has 0 heterocycles. The van der Waals surface area contributed by atoms with Crippen LogP contribution in [0.3, 0.4) is 0 Å². The van der Waals surface area contributed by atoms with Crippen LogP contribution in [0.25, 0.3) is 0 Å². The molecule has 192 valence electrons. The van der Waals surface area contributed by atoms with E-state index >= 15 is 0 Å². The van der Waals surface area contributed by atoms with Gasteiger partial charge in [-0.3, -0.25) is 13.9 Å². The molecule has 0 aromatic heterocycles. The van der Waals surface area contributed by atoms with E-state index in [0.29, 0.717) is 26.9 Å². The largest absolute Gasteiger partial charge is 0.352 e. The zero-order valence-corrected chi connectivity index (χ0v) is 23.3. The summed E-state index contributed by atoms with van der Waals surface area (Å²) in [5.74, 6) is -0.871. The summed E-state index contributed by atoms with van der Waals surface area (Å²) in [6, 6.07) is 9.34. The quantitative estimate of drug-likeness (QED) is 0.471. The summed E-state index contributed by atoms with van der Waals surface area (Å²) in [5.41, 5.74) is 2.58. The van der Waals surface area contributed by atoms with Crippen LogP contribution in [-0.4, -0.2) is 50.0 Å². The molecule has 10 heteroatoms. The second-order valence-electron chi connectivity index (χ2n) is 8.81. The van der Waals surface area contributed by atoms with Gasteiger partial charge in [-0.2, -0.15) is 0 Å². The first-order valence-electron chi connectivity index (χ1n) is 11.3. The van der Waals surface area contributed by atoms with Crippen molar-refractivity contribution in [2.45, 2.75) is 59.7 Å². The highest BCUT2D eigenvalue weighted by molar-refractivity contribution is 7.92. The highest BCUT2D eigenvalue weighted by Crippen LogP contribution is 2.26. The Labute approximate surface area is 218 Å². The first-order valence-corrected chi connectivity index (χ1v) is 13.9. The molecule has 0 aliphatic heterocycles. The van der Waals surface area contributed by atoms with E-state index in [1.54, 1.807) is 44.2 Å². The first kappa shape index (κ1) is 28.9. The summed E-state index contributed by atoms with van der Waals surface area (Å²) in [6.07, 6.45) is 1.78. The molecular weight excluding hydrogens is 509 g/mol. The van der Waals surface area contributed by atoms with Gasteiger partial charge in [-0.1, -0.05) is 48.3 Å². The number of hydrogen-bond donors (Lipinski definition) is 1. The summed E-state index contributed by atoms with van der Waals surface area (Å²) >= 11 is 12.4. The Hall–Kier alpha value is -2.29. The fourth-order valence-electron chi connectivity index (χ4n) is 3.46. The lowest BCUT2D eigenvalue weighted by atomic mass is 10.1. The Morgan fingerprint density at radius 3 is 2.29 bits per heavy atom. The number of hydrogen-bond acceptors (Lipinski definition) is 4. The van der Waals surface area contributed by atoms with Crippen molar-refractivity contribution in [2.24, 2.45) is 0 Å². The van der Waals surface area contributed by atoms with Crippen LogP contribution in [0.2, 0.25) is 10.0 Å². The van der Waals surface area contributed by atoms with Crippen molar-refractivity contribution in [2.75, 3.05) is 17.1 Å². The molecule has 2 aromatic carbocycles. The van der Waals surface area contributed by atoms with Crippen molar-refractivity contribution in [3.8, 4) is 0 Å². The average molecular weight is 543 g/mol. The number of benzene rings is 2. The summed E-state index contributed by atoms with van der Waals surface area (Å²) in [6.45, 7) is 8.61. The highest BCUT2D eigenvalue weighted by Gasteiger charge is 2.31. The third-order valence-corrected chi connectivity index (χ3v) is 7.55. The van der Waals surface area contributed by atoms with Crippen molar-refractivity contribution >= 4 is 50.7 Å². The van der Waals surface area contributed by atoms with Crippen molar-refractivity contribution < 1.29 is 18.0 Å². The molecule has 35 heavy (non-hydrogen) atoms. The molecule has 1 N–H and O–H groups in total. The average Bonchev–Trinajstić information content (AvgIpc) is 2.77. The Balaban J connectivity index is 2.47. The number of rotatable bonds is 10. The fraction of sp³-hybridized carbons (Fsp3) is 0.440. The predicted molar refractivity (Wildman–Crippen MR) is 142 cm³/mol. The monoisotopic (exact) mass is 541 g/mol. The van der Waals surface area contributed by atoms with E-state index in [1.807, 2.05) is 26.8 Å². The zero-order valence-electron chi connectivity index (χ0n) is 20.9. The normalized spacial score (nSPS) is 13.1. The number of halogens is 2. The summed E-state index contributed by atoms with van der Waals surface area (Å²) in [7, 11) is -3.80. The van der Waals surface area contributed by atoms with E-state index in [1.165, 1.54) is 4.90 Å². The molecule has 0 spiro atoms. The van der Waals surface area contributed by atoms with Gasteiger partial charge in [0.15, 0.2) is 0 Å². The number of nitrogens with one attached hydrogen (secondary N) is 1. The smallest absolute Gasteiger partial charge is 0.244 e. The molecule has 0 fully saturated rings. The number of nitrogens with zero attached hydrogens (tertiary/aromatic N) is 2. The second-order valence-corrected chi connectivity index (χ2v) is 11.6. The minimum atomic E-state index is -3.80. The minimum absolute atomic E-state index is 0.00826. The number of amides is 2. The van der Waals surface area contributed by atoms with E-state index in [0.717, 1.165) is 22.5 Å². The number of anilines is 1. The molecule has 0 saturated carbocycles. The van der Waals surface area contributed by atoms with E-state index in [-0.39, 0.29) is 18.5 Å².